The minimum atomic E-state index is -0.674. The van der Waals surface area contributed by atoms with Crippen molar-refractivity contribution in [2.75, 3.05) is 7.11 Å². The van der Waals surface area contributed by atoms with Crippen molar-refractivity contribution in [3.05, 3.63) is 58.5 Å². The lowest BCUT2D eigenvalue weighted by Crippen LogP contribution is -1.99. The first-order valence-corrected chi connectivity index (χ1v) is 6.80. The van der Waals surface area contributed by atoms with Crippen LogP contribution in [0.3, 0.4) is 0 Å². The summed E-state index contributed by atoms with van der Waals surface area (Å²) in [6.07, 6.45) is 2.85. The van der Waals surface area contributed by atoms with Crippen molar-refractivity contribution in [2.45, 2.75) is 6.10 Å². The Morgan fingerprint density at radius 1 is 1.26 bits per heavy atom. The number of fused-ring (bicyclic) bond motifs is 1. The van der Waals surface area contributed by atoms with Crippen molar-refractivity contribution < 1.29 is 9.84 Å². The predicted octanol–water partition coefficient (Wildman–Crippen LogP) is 3.39. The molecule has 2 heterocycles. The normalized spacial score (nSPS) is 12.5. The zero-order chi connectivity index (χ0) is 13.2. The maximum absolute atomic E-state index is 10.5. The standard InChI is InChI=1S/C15H13NO2S/c1-18-11-6-14(19-9-11)15(17)13-8-16-7-10-4-2-3-5-12(10)13/h2-9,15,17H,1H3. The van der Waals surface area contributed by atoms with Gasteiger partial charge in [0, 0.05) is 33.6 Å². The molecule has 19 heavy (non-hydrogen) atoms. The number of aromatic nitrogens is 1. The largest absolute Gasteiger partial charge is 0.496 e. The number of nitrogens with zero attached hydrogens (tertiary/aromatic N) is 1. The van der Waals surface area contributed by atoms with E-state index in [1.807, 2.05) is 35.7 Å². The molecule has 1 unspecified atom stereocenters. The molecule has 3 aromatic rings. The molecule has 2 aromatic heterocycles. The molecule has 1 aromatic carbocycles. The van der Waals surface area contributed by atoms with Crippen molar-refractivity contribution in [3.8, 4) is 5.75 Å². The van der Waals surface area contributed by atoms with Crippen LogP contribution in [0.5, 0.6) is 5.75 Å². The first kappa shape index (κ1) is 12.1. The molecule has 0 fully saturated rings. The summed E-state index contributed by atoms with van der Waals surface area (Å²) >= 11 is 1.48. The van der Waals surface area contributed by atoms with Gasteiger partial charge in [0.1, 0.15) is 11.9 Å². The number of methoxy groups -OCH3 is 1. The van der Waals surface area contributed by atoms with Crippen molar-refractivity contribution in [1.82, 2.24) is 4.98 Å². The van der Waals surface area contributed by atoms with E-state index in [0.717, 1.165) is 27.0 Å². The molecule has 0 amide bonds. The van der Waals surface area contributed by atoms with Gasteiger partial charge in [0.05, 0.1) is 7.11 Å². The van der Waals surface area contributed by atoms with Gasteiger partial charge >= 0.3 is 0 Å². The number of hydrogen-bond acceptors (Lipinski definition) is 4. The molecular weight excluding hydrogens is 258 g/mol. The van der Waals surface area contributed by atoms with Crippen LogP contribution >= 0.6 is 11.3 Å². The van der Waals surface area contributed by atoms with Gasteiger partial charge in [-0.25, -0.2) is 0 Å². The molecule has 0 saturated heterocycles. The monoisotopic (exact) mass is 271 g/mol. The number of ether oxygens (including phenoxy) is 1. The highest BCUT2D eigenvalue weighted by molar-refractivity contribution is 7.10. The Bertz CT molecular complexity index is 703. The minimum Gasteiger partial charge on any atom is -0.496 e. The predicted molar refractivity (Wildman–Crippen MR) is 76.7 cm³/mol. The van der Waals surface area contributed by atoms with E-state index in [1.54, 1.807) is 19.5 Å². The van der Waals surface area contributed by atoms with Gasteiger partial charge in [0.2, 0.25) is 0 Å². The third kappa shape index (κ3) is 2.20. The minimum absolute atomic E-state index is 0.674. The first-order valence-electron chi connectivity index (χ1n) is 5.92. The van der Waals surface area contributed by atoms with Crippen molar-refractivity contribution in [1.29, 1.82) is 0 Å². The molecular formula is C15H13NO2S. The van der Waals surface area contributed by atoms with E-state index in [4.69, 9.17) is 4.74 Å². The highest BCUT2D eigenvalue weighted by Crippen LogP contribution is 2.33. The highest BCUT2D eigenvalue weighted by Gasteiger charge is 2.16. The van der Waals surface area contributed by atoms with E-state index < -0.39 is 6.10 Å². The number of benzene rings is 1. The van der Waals surface area contributed by atoms with Crippen LogP contribution < -0.4 is 4.74 Å². The van der Waals surface area contributed by atoms with Crippen LogP contribution in [0.25, 0.3) is 10.8 Å². The summed E-state index contributed by atoms with van der Waals surface area (Å²) in [6, 6.07) is 9.78. The summed E-state index contributed by atoms with van der Waals surface area (Å²) in [5.74, 6) is 0.771. The Labute approximate surface area is 115 Å². The number of aliphatic hydroxyl groups is 1. The highest BCUT2D eigenvalue weighted by atomic mass is 32.1. The summed E-state index contributed by atoms with van der Waals surface area (Å²) in [5.41, 5.74) is 0.822. The average Bonchev–Trinajstić information content (AvgIpc) is 2.95. The number of pyridine rings is 1. The third-order valence-corrected chi connectivity index (χ3v) is 4.06. The van der Waals surface area contributed by atoms with E-state index >= 15 is 0 Å². The zero-order valence-corrected chi connectivity index (χ0v) is 11.2. The first-order chi connectivity index (χ1) is 9.29. The van der Waals surface area contributed by atoms with Gasteiger partial charge in [-0.1, -0.05) is 24.3 Å². The Morgan fingerprint density at radius 3 is 2.89 bits per heavy atom. The number of hydrogen-bond donors (Lipinski definition) is 1. The SMILES string of the molecule is COc1csc(C(O)c2cncc3ccccc23)c1. The molecule has 0 bridgehead atoms. The molecule has 96 valence electrons. The van der Waals surface area contributed by atoms with Gasteiger partial charge in [-0.3, -0.25) is 4.98 Å². The fourth-order valence-electron chi connectivity index (χ4n) is 2.10. The maximum atomic E-state index is 10.5. The average molecular weight is 271 g/mol. The second kappa shape index (κ2) is 4.99. The van der Waals surface area contributed by atoms with Crippen molar-refractivity contribution >= 4 is 22.1 Å². The molecule has 0 radical (unpaired) electrons. The second-order valence-electron chi connectivity index (χ2n) is 4.24. The van der Waals surface area contributed by atoms with Gasteiger partial charge in [-0.15, -0.1) is 11.3 Å². The molecule has 3 nitrogen and oxygen atoms in total. The van der Waals surface area contributed by atoms with Gasteiger partial charge in [-0.05, 0) is 11.5 Å². The summed E-state index contributed by atoms with van der Waals surface area (Å²) in [4.78, 5) is 5.06. The van der Waals surface area contributed by atoms with Crippen LogP contribution in [0.4, 0.5) is 0 Å². The Morgan fingerprint density at radius 2 is 2.11 bits per heavy atom. The van der Waals surface area contributed by atoms with Crippen LogP contribution in [0.15, 0.2) is 48.1 Å². The molecule has 0 aliphatic heterocycles. The number of aliphatic hydroxyl groups excluding tert-OH is 1. The van der Waals surface area contributed by atoms with Crippen LogP contribution in [-0.4, -0.2) is 17.2 Å². The molecule has 0 spiro atoms. The van der Waals surface area contributed by atoms with Gasteiger partial charge < -0.3 is 9.84 Å². The van der Waals surface area contributed by atoms with Gasteiger partial charge in [0.25, 0.3) is 0 Å². The summed E-state index contributed by atoms with van der Waals surface area (Å²) < 4.78 is 5.15. The van der Waals surface area contributed by atoms with E-state index in [2.05, 4.69) is 4.98 Å². The Balaban J connectivity index is 2.08. The quantitative estimate of drug-likeness (QED) is 0.794. The lowest BCUT2D eigenvalue weighted by molar-refractivity contribution is 0.225. The topological polar surface area (TPSA) is 42.4 Å². The Kier molecular flexibility index (Phi) is 3.19. The fourth-order valence-corrected chi connectivity index (χ4v) is 2.95. The van der Waals surface area contributed by atoms with E-state index in [-0.39, 0.29) is 0 Å². The van der Waals surface area contributed by atoms with Gasteiger partial charge in [-0.2, -0.15) is 0 Å². The third-order valence-electron chi connectivity index (χ3n) is 3.09. The molecule has 0 aliphatic carbocycles. The maximum Gasteiger partial charge on any atom is 0.129 e. The second-order valence-corrected chi connectivity index (χ2v) is 5.18. The summed E-state index contributed by atoms with van der Waals surface area (Å²) in [6.45, 7) is 0. The number of thiophene rings is 1. The smallest absolute Gasteiger partial charge is 0.129 e. The fraction of sp³-hybridized carbons (Fsp3) is 0.133. The van der Waals surface area contributed by atoms with E-state index in [9.17, 15) is 5.11 Å². The van der Waals surface area contributed by atoms with E-state index in [1.165, 1.54) is 11.3 Å². The lowest BCUT2D eigenvalue weighted by atomic mass is 10.0. The van der Waals surface area contributed by atoms with Crippen LogP contribution in [-0.2, 0) is 0 Å². The molecule has 1 N–H and O–H groups in total. The Hall–Kier alpha value is -1.91. The summed E-state index contributed by atoms with van der Waals surface area (Å²) in [7, 11) is 1.62. The lowest BCUT2D eigenvalue weighted by Gasteiger charge is -2.11. The molecule has 0 saturated carbocycles. The van der Waals surface area contributed by atoms with Crippen molar-refractivity contribution in [3.63, 3.8) is 0 Å². The van der Waals surface area contributed by atoms with Crippen LogP contribution in [0.1, 0.15) is 16.5 Å². The zero-order valence-electron chi connectivity index (χ0n) is 10.4. The summed E-state index contributed by atoms with van der Waals surface area (Å²) in [5, 5.41) is 14.5. The van der Waals surface area contributed by atoms with Crippen LogP contribution in [0.2, 0.25) is 0 Å². The van der Waals surface area contributed by atoms with Gasteiger partial charge in [0.15, 0.2) is 0 Å². The molecule has 0 aliphatic rings. The molecule has 4 heteroatoms. The van der Waals surface area contributed by atoms with Crippen molar-refractivity contribution in [2.24, 2.45) is 0 Å². The molecule has 3 rings (SSSR count). The van der Waals surface area contributed by atoms with E-state index in [0.29, 0.717) is 0 Å². The van der Waals surface area contributed by atoms with Crippen LogP contribution in [0, 0.1) is 0 Å². The molecule has 1 atom stereocenters. The number of rotatable bonds is 3.